The molecule has 6 heteroatoms. The molecule has 0 saturated heterocycles. The maximum atomic E-state index is 12.0. The average molecular weight is 331 g/mol. The molecule has 2 aromatic carbocycles. The van der Waals surface area contributed by atoms with E-state index < -0.39 is 10.0 Å². The fraction of sp³-hybridized carbons (Fsp3) is 0.176. The molecule has 0 aromatic heterocycles. The van der Waals surface area contributed by atoms with Gasteiger partial charge >= 0.3 is 0 Å². The molecular weight excluding hydrogens is 314 g/mol. The van der Waals surface area contributed by atoms with Crippen LogP contribution < -0.4 is 14.2 Å². The molecule has 0 fully saturated rings. The lowest BCUT2D eigenvalue weighted by molar-refractivity contribution is 0.0943. The first-order chi connectivity index (χ1) is 11.1. The summed E-state index contributed by atoms with van der Waals surface area (Å²) in [7, 11) is -3.52. The van der Waals surface area contributed by atoms with Gasteiger partial charge in [-0.15, -0.1) is 0 Å². The van der Waals surface area contributed by atoms with Crippen molar-refractivity contribution in [1.82, 2.24) is 4.72 Å². The Morgan fingerprint density at radius 3 is 2.52 bits per heavy atom. The number of hydrogen-bond donors (Lipinski definition) is 1. The molecule has 5 nitrogen and oxygen atoms in total. The van der Waals surface area contributed by atoms with Crippen LogP contribution in [0.1, 0.15) is 5.56 Å². The van der Waals surface area contributed by atoms with E-state index in [1.807, 2.05) is 48.5 Å². The summed E-state index contributed by atoms with van der Waals surface area (Å²) in [5, 5.41) is 1.15. The van der Waals surface area contributed by atoms with Crippen molar-refractivity contribution in [2.75, 3.05) is 13.2 Å². The zero-order chi connectivity index (χ0) is 16.1. The normalized spacial score (nSPS) is 17.3. The number of nitrogens with one attached hydrogen (secondary N) is 1. The molecule has 2 aromatic rings. The van der Waals surface area contributed by atoms with Crippen molar-refractivity contribution in [3.05, 3.63) is 65.6 Å². The van der Waals surface area contributed by atoms with Crippen LogP contribution in [0.2, 0.25) is 0 Å². The molecule has 0 spiro atoms. The molecule has 120 valence electrons. The third kappa shape index (κ3) is 4.34. The van der Waals surface area contributed by atoms with Gasteiger partial charge in [0.1, 0.15) is 12.7 Å². The highest BCUT2D eigenvalue weighted by Crippen LogP contribution is 2.30. The van der Waals surface area contributed by atoms with Gasteiger partial charge in [0.2, 0.25) is 10.0 Å². The van der Waals surface area contributed by atoms with Crippen molar-refractivity contribution in [2.45, 2.75) is 6.10 Å². The summed E-state index contributed by atoms with van der Waals surface area (Å²) in [5.74, 6) is 1.30. The summed E-state index contributed by atoms with van der Waals surface area (Å²) < 4.78 is 37.8. The van der Waals surface area contributed by atoms with Crippen LogP contribution in [-0.2, 0) is 10.0 Å². The number of benzene rings is 2. The predicted octanol–water partition coefficient (Wildman–Crippen LogP) is 2.42. The van der Waals surface area contributed by atoms with E-state index in [2.05, 4.69) is 4.72 Å². The second kappa shape index (κ2) is 6.85. The van der Waals surface area contributed by atoms with E-state index in [0.717, 1.165) is 11.0 Å². The maximum Gasteiger partial charge on any atom is 0.233 e. The molecule has 1 aliphatic heterocycles. The Hall–Kier alpha value is -2.31. The third-order valence-electron chi connectivity index (χ3n) is 3.32. The van der Waals surface area contributed by atoms with Crippen LogP contribution in [0.3, 0.4) is 0 Å². The largest absolute Gasteiger partial charge is 0.486 e. The Kier molecular flexibility index (Phi) is 4.64. The van der Waals surface area contributed by atoms with E-state index in [9.17, 15) is 8.42 Å². The highest BCUT2D eigenvalue weighted by molar-refractivity contribution is 7.92. The lowest BCUT2D eigenvalue weighted by Crippen LogP contribution is -2.40. The summed E-state index contributed by atoms with van der Waals surface area (Å²) in [4.78, 5) is 0. The van der Waals surface area contributed by atoms with E-state index in [-0.39, 0.29) is 12.6 Å². The van der Waals surface area contributed by atoms with E-state index in [1.54, 1.807) is 12.1 Å². The van der Waals surface area contributed by atoms with Crippen molar-refractivity contribution in [1.29, 1.82) is 0 Å². The monoisotopic (exact) mass is 331 g/mol. The number of ether oxygens (including phenoxy) is 2. The molecule has 1 unspecified atom stereocenters. The summed E-state index contributed by atoms with van der Waals surface area (Å²) in [6.07, 6.45) is 1.19. The van der Waals surface area contributed by atoms with E-state index in [4.69, 9.17) is 9.47 Å². The zero-order valence-corrected chi connectivity index (χ0v) is 13.2. The molecule has 3 rings (SSSR count). The van der Waals surface area contributed by atoms with Gasteiger partial charge in [0.15, 0.2) is 11.5 Å². The van der Waals surface area contributed by atoms with Crippen LogP contribution in [0.4, 0.5) is 0 Å². The van der Waals surface area contributed by atoms with Gasteiger partial charge in [-0.1, -0.05) is 42.5 Å². The minimum absolute atomic E-state index is 0.149. The smallest absolute Gasteiger partial charge is 0.233 e. The SMILES string of the molecule is O=S(=O)(C=Cc1ccccc1)NCC1COc2ccccc2O1. The highest BCUT2D eigenvalue weighted by Gasteiger charge is 2.21. The van der Waals surface area contributed by atoms with Crippen LogP contribution in [0.15, 0.2) is 60.0 Å². The first kappa shape index (κ1) is 15.6. The number of fused-ring (bicyclic) bond motifs is 1. The molecule has 1 heterocycles. The van der Waals surface area contributed by atoms with Crippen molar-refractivity contribution in [3.63, 3.8) is 0 Å². The number of hydrogen-bond acceptors (Lipinski definition) is 4. The van der Waals surface area contributed by atoms with Gasteiger partial charge in [-0.2, -0.15) is 0 Å². The molecule has 0 saturated carbocycles. The quantitative estimate of drug-likeness (QED) is 0.914. The fourth-order valence-electron chi connectivity index (χ4n) is 2.15. The lowest BCUT2D eigenvalue weighted by atomic mass is 10.2. The Bertz CT molecular complexity index is 787. The molecule has 1 aliphatic rings. The Morgan fingerprint density at radius 2 is 1.74 bits per heavy atom. The molecule has 23 heavy (non-hydrogen) atoms. The standard InChI is InChI=1S/C17H17NO4S/c19-23(20,11-10-14-6-2-1-3-7-14)18-12-15-13-21-16-8-4-5-9-17(16)22-15/h1-11,15,18H,12-13H2. The van der Waals surface area contributed by atoms with Crippen LogP contribution >= 0.6 is 0 Å². The number of para-hydroxylation sites is 2. The first-order valence-electron chi connectivity index (χ1n) is 7.24. The van der Waals surface area contributed by atoms with Gasteiger partial charge < -0.3 is 9.47 Å². The van der Waals surface area contributed by atoms with E-state index >= 15 is 0 Å². The Labute approximate surface area is 135 Å². The van der Waals surface area contributed by atoms with Gasteiger partial charge in [0.05, 0.1) is 6.54 Å². The van der Waals surface area contributed by atoms with Crippen molar-refractivity contribution >= 4 is 16.1 Å². The summed E-state index contributed by atoms with van der Waals surface area (Å²) in [5.41, 5.74) is 0.823. The van der Waals surface area contributed by atoms with Gasteiger partial charge in [0.25, 0.3) is 0 Å². The molecule has 1 N–H and O–H groups in total. The van der Waals surface area contributed by atoms with Crippen LogP contribution in [0, 0.1) is 0 Å². The minimum Gasteiger partial charge on any atom is -0.486 e. The Morgan fingerprint density at radius 1 is 1.04 bits per heavy atom. The summed E-state index contributed by atoms with van der Waals surface area (Å²) in [6.45, 7) is 0.456. The van der Waals surface area contributed by atoms with Gasteiger partial charge in [-0.05, 0) is 23.8 Å². The zero-order valence-electron chi connectivity index (χ0n) is 12.4. The lowest BCUT2D eigenvalue weighted by Gasteiger charge is -2.26. The average Bonchev–Trinajstić information content (AvgIpc) is 2.59. The molecule has 0 radical (unpaired) electrons. The summed E-state index contributed by atoms with van der Waals surface area (Å²) in [6, 6.07) is 16.6. The summed E-state index contributed by atoms with van der Waals surface area (Å²) >= 11 is 0. The predicted molar refractivity (Wildman–Crippen MR) is 88.8 cm³/mol. The topological polar surface area (TPSA) is 64.6 Å². The highest BCUT2D eigenvalue weighted by atomic mass is 32.2. The molecular formula is C17H17NO4S. The van der Waals surface area contributed by atoms with E-state index in [0.29, 0.717) is 18.1 Å². The van der Waals surface area contributed by atoms with Gasteiger partial charge in [-0.3, -0.25) is 0 Å². The van der Waals surface area contributed by atoms with Crippen LogP contribution in [0.25, 0.3) is 6.08 Å². The minimum atomic E-state index is -3.52. The maximum absolute atomic E-state index is 12.0. The van der Waals surface area contributed by atoms with Crippen LogP contribution in [-0.4, -0.2) is 27.7 Å². The van der Waals surface area contributed by atoms with Crippen LogP contribution in [0.5, 0.6) is 11.5 Å². The van der Waals surface area contributed by atoms with Gasteiger partial charge in [0, 0.05) is 5.41 Å². The van der Waals surface area contributed by atoms with Crippen molar-refractivity contribution in [3.8, 4) is 11.5 Å². The van der Waals surface area contributed by atoms with Gasteiger partial charge in [-0.25, -0.2) is 13.1 Å². The molecule has 0 amide bonds. The second-order valence-electron chi connectivity index (χ2n) is 5.10. The number of rotatable bonds is 5. The third-order valence-corrected chi connectivity index (χ3v) is 4.38. The fourth-order valence-corrected chi connectivity index (χ4v) is 3.00. The van der Waals surface area contributed by atoms with Crippen molar-refractivity contribution < 1.29 is 17.9 Å². The van der Waals surface area contributed by atoms with E-state index in [1.165, 1.54) is 0 Å². The first-order valence-corrected chi connectivity index (χ1v) is 8.78. The molecule has 0 aliphatic carbocycles. The van der Waals surface area contributed by atoms with Crippen molar-refractivity contribution in [2.24, 2.45) is 0 Å². The Balaban J connectivity index is 1.57. The number of sulfonamides is 1. The molecule has 0 bridgehead atoms. The second-order valence-corrected chi connectivity index (χ2v) is 6.76. The molecule has 1 atom stereocenters.